The van der Waals surface area contributed by atoms with Crippen LogP contribution in [0.2, 0.25) is 0 Å². The van der Waals surface area contributed by atoms with Gasteiger partial charge in [0.2, 0.25) is 10.0 Å². The minimum atomic E-state index is -3.40. The molecule has 0 amide bonds. The Bertz CT molecular complexity index is 512. The smallest absolute Gasteiger partial charge is 0.250 e. The van der Waals surface area contributed by atoms with E-state index in [0.717, 1.165) is 30.8 Å². The first-order valence-corrected chi connectivity index (χ1v) is 9.61. The van der Waals surface area contributed by atoms with E-state index in [2.05, 4.69) is 17.0 Å². The first kappa shape index (κ1) is 18.6. The van der Waals surface area contributed by atoms with Crippen molar-refractivity contribution in [1.82, 2.24) is 14.9 Å². The second-order valence-electron chi connectivity index (χ2n) is 5.51. The number of hydrogen-bond acceptors (Lipinski definition) is 5. The number of sulfonamides is 1. The van der Waals surface area contributed by atoms with E-state index < -0.39 is 10.0 Å². The second-order valence-corrected chi connectivity index (χ2v) is 8.61. The number of likely N-dealkylation sites (N-methyl/N-ethyl adjacent to an activating group) is 1. The summed E-state index contributed by atoms with van der Waals surface area (Å²) in [5.41, 5.74) is 0. The van der Waals surface area contributed by atoms with Gasteiger partial charge < -0.3 is 10.2 Å². The van der Waals surface area contributed by atoms with E-state index >= 15 is 0 Å². The molecule has 0 aliphatic heterocycles. The molecule has 0 aliphatic carbocycles. The Kier molecular flexibility index (Phi) is 7.83. The average Bonchev–Trinajstić information content (AvgIpc) is 2.82. The average molecular weight is 334 g/mol. The Morgan fingerprint density at radius 3 is 2.62 bits per heavy atom. The molecule has 1 rings (SSSR count). The quantitative estimate of drug-likeness (QED) is 0.637. The summed E-state index contributed by atoms with van der Waals surface area (Å²) >= 11 is 1.35. The Balaban J connectivity index is 2.57. The Morgan fingerprint density at radius 2 is 2.00 bits per heavy atom. The molecule has 0 aliphatic rings. The number of thiophene rings is 1. The van der Waals surface area contributed by atoms with Crippen molar-refractivity contribution in [3.63, 3.8) is 0 Å². The third kappa shape index (κ3) is 6.88. The van der Waals surface area contributed by atoms with Crippen molar-refractivity contribution in [1.29, 1.82) is 0 Å². The maximum absolute atomic E-state index is 12.3. The first-order chi connectivity index (χ1) is 9.85. The molecule has 0 aromatic carbocycles. The van der Waals surface area contributed by atoms with E-state index in [-0.39, 0.29) is 6.04 Å². The molecule has 1 unspecified atom stereocenters. The SMILES string of the molecule is CCCNCCc1ccc(S(=O)(=O)NC(C)CN(C)C)s1. The lowest BCUT2D eigenvalue weighted by molar-refractivity contribution is 0.370. The molecule has 1 aromatic rings. The number of rotatable bonds is 10. The van der Waals surface area contributed by atoms with Crippen LogP contribution in [0.1, 0.15) is 25.1 Å². The molecule has 0 spiro atoms. The van der Waals surface area contributed by atoms with Gasteiger partial charge in [-0.2, -0.15) is 0 Å². The van der Waals surface area contributed by atoms with Gasteiger partial charge in [0, 0.05) is 17.5 Å². The molecule has 1 aromatic heterocycles. The van der Waals surface area contributed by atoms with Crippen molar-refractivity contribution in [2.24, 2.45) is 0 Å². The molecule has 5 nitrogen and oxygen atoms in total. The van der Waals surface area contributed by atoms with Crippen LogP contribution >= 0.6 is 11.3 Å². The van der Waals surface area contributed by atoms with E-state index in [0.29, 0.717) is 10.8 Å². The van der Waals surface area contributed by atoms with Gasteiger partial charge in [0.15, 0.2) is 0 Å². The van der Waals surface area contributed by atoms with Crippen LogP contribution in [-0.4, -0.2) is 53.1 Å². The first-order valence-electron chi connectivity index (χ1n) is 7.31. The summed E-state index contributed by atoms with van der Waals surface area (Å²) in [5.74, 6) is 0. The van der Waals surface area contributed by atoms with Crippen LogP contribution in [0.25, 0.3) is 0 Å². The van der Waals surface area contributed by atoms with Crippen LogP contribution in [0.4, 0.5) is 0 Å². The molecule has 1 atom stereocenters. The van der Waals surface area contributed by atoms with E-state index in [1.165, 1.54) is 11.3 Å². The van der Waals surface area contributed by atoms with Gasteiger partial charge >= 0.3 is 0 Å². The van der Waals surface area contributed by atoms with Gasteiger partial charge in [-0.05, 0) is 59.1 Å². The standard InChI is InChI=1S/C14H27N3O2S2/c1-5-9-15-10-8-13-6-7-14(20-13)21(18,19)16-12(2)11-17(3)4/h6-7,12,15-16H,5,8-11H2,1-4H3. The predicted octanol–water partition coefficient (Wildman–Crippen LogP) is 1.52. The summed E-state index contributed by atoms with van der Waals surface area (Å²) < 4.78 is 27.7. The van der Waals surface area contributed by atoms with Gasteiger partial charge in [0.1, 0.15) is 4.21 Å². The number of hydrogen-bond donors (Lipinski definition) is 2. The molecule has 0 saturated carbocycles. The molecule has 21 heavy (non-hydrogen) atoms. The summed E-state index contributed by atoms with van der Waals surface area (Å²) in [5, 5.41) is 3.32. The van der Waals surface area contributed by atoms with E-state index in [1.807, 2.05) is 32.0 Å². The molecule has 1 heterocycles. The summed E-state index contributed by atoms with van der Waals surface area (Å²) in [4.78, 5) is 3.06. The van der Waals surface area contributed by atoms with Gasteiger partial charge in [-0.1, -0.05) is 6.92 Å². The summed E-state index contributed by atoms with van der Waals surface area (Å²) in [6.07, 6.45) is 1.98. The minimum Gasteiger partial charge on any atom is -0.316 e. The maximum Gasteiger partial charge on any atom is 0.250 e. The monoisotopic (exact) mass is 333 g/mol. The largest absolute Gasteiger partial charge is 0.316 e. The second kappa shape index (κ2) is 8.85. The highest BCUT2D eigenvalue weighted by Crippen LogP contribution is 2.22. The summed E-state index contributed by atoms with van der Waals surface area (Å²) in [6, 6.07) is 3.50. The zero-order chi connectivity index (χ0) is 15.9. The van der Waals surface area contributed by atoms with Gasteiger partial charge in [-0.3, -0.25) is 0 Å². The lowest BCUT2D eigenvalue weighted by Crippen LogP contribution is -2.39. The van der Waals surface area contributed by atoms with E-state index in [9.17, 15) is 8.42 Å². The van der Waals surface area contributed by atoms with Crippen LogP contribution in [0, 0.1) is 0 Å². The van der Waals surface area contributed by atoms with Crippen molar-refractivity contribution in [2.45, 2.75) is 36.9 Å². The van der Waals surface area contributed by atoms with E-state index in [1.54, 1.807) is 6.07 Å². The van der Waals surface area contributed by atoms with Crippen LogP contribution in [0.15, 0.2) is 16.3 Å². The molecule has 0 bridgehead atoms. The molecule has 7 heteroatoms. The highest BCUT2D eigenvalue weighted by molar-refractivity contribution is 7.91. The topological polar surface area (TPSA) is 61.4 Å². The predicted molar refractivity (Wildman–Crippen MR) is 89.5 cm³/mol. The fourth-order valence-electron chi connectivity index (χ4n) is 2.06. The molecular formula is C14H27N3O2S2. The molecule has 2 N–H and O–H groups in total. The minimum absolute atomic E-state index is 0.109. The fraction of sp³-hybridized carbons (Fsp3) is 0.714. The zero-order valence-corrected chi connectivity index (χ0v) is 15.0. The summed E-state index contributed by atoms with van der Waals surface area (Å²) in [6.45, 7) is 6.57. The van der Waals surface area contributed by atoms with Gasteiger partial charge in [0.25, 0.3) is 0 Å². The van der Waals surface area contributed by atoms with Crippen molar-refractivity contribution < 1.29 is 8.42 Å². The van der Waals surface area contributed by atoms with E-state index in [4.69, 9.17) is 0 Å². The lowest BCUT2D eigenvalue weighted by atomic mass is 10.3. The third-order valence-electron chi connectivity index (χ3n) is 2.87. The van der Waals surface area contributed by atoms with Gasteiger partial charge in [-0.25, -0.2) is 13.1 Å². The van der Waals surface area contributed by atoms with Crippen molar-refractivity contribution in [2.75, 3.05) is 33.7 Å². The highest BCUT2D eigenvalue weighted by atomic mass is 32.2. The molecule has 0 radical (unpaired) electrons. The van der Waals surface area contributed by atoms with Crippen molar-refractivity contribution in [3.8, 4) is 0 Å². The number of nitrogens with zero attached hydrogens (tertiary/aromatic N) is 1. The zero-order valence-electron chi connectivity index (χ0n) is 13.3. The fourth-order valence-corrected chi connectivity index (χ4v) is 4.66. The number of nitrogens with one attached hydrogen (secondary N) is 2. The van der Waals surface area contributed by atoms with Crippen LogP contribution in [-0.2, 0) is 16.4 Å². The van der Waals surface area contributed by atoms with Crippen molar-refractivity contribution >= 4 is 21.4 Å². The van der Waals surface area contributed by atoms with Crippen LogP contribution in [0.3, 0.4) is 0 Å². The molecular weight excluding hydrogens is 306 g/mol. The van der Waals surface area contributed by atoms with Crippen molar-refractivity contribution in [3.05, 3.63) is 17.0 Å². The Labute approximate surface area is 132 Å². The molecule has 0 fully saturated rings. The van der Waals surface area contributed by atoms with Crippen LogP contribution < -0.4 is 10.0 Å². The third-order valence-corrected chi connectivity index (χ3v) is 6.10. The Morgan fingerprint density at radius 1 is 1.29 bits per heavy atom. The van der Waals surface area contributed by atoms with Gasteiger partial charge in [0.05, 0.1) is 0 Å². The summed E-state index contributed by atoms with van der Waals surface area (Å²) in [7, 11) is 0.458. The maximum atomic E-state index is 12.3. The van der Waals surface area contributed by atoms with Crippen LogP contribution in [0.5, 0.6) is 0 Å². The molecule has 0 saturated heterocycles. The normalized spacial score (nSPS) is 13.8. The molecule has 122 valence electrons. The highest BCUT2D eigenvalue weighted by Gasteiger charge is 2.19. The Hall–Kier alpha value is -0.470. The lowest BCUT2D eigenvalue weighted by Gasteiger charge is -2.17. The van der Waals surface area contributed by atoms with Gasteiger partial charge in [-0.15, -0.1) is 11.3 Å².